The average molecular weight is 338 g/mol. The van der Waals surface area contributed by atoms with Gasteiger partial charge in [-0.05, 0) is 30.8 Å². The molecular weight excluding hydrogens is 322 g/mol. The summed E-state index contributed by atoms with van der Waals surface area (Å²) in [5.41, 5.74) is 1.36. The molecule has 0 amide bonds. The number of hydrogen-bond donors (Lipinski definition) is 1. The standard InChI is InChI=1S/C14H16BrN3O2/c1-17(7-8-18-6-2-5-16-18)10-12-4-3-11(14(19)20)9-13(12)15/h2-6,9H,7-8,10H2,1H3,(H,19,20). The molecule has 0 spiro atoms. The molecule has 0 fully saturated rings. The number of carbonyl (C=O) groups is 1. The van der Waals surface area contributed by atoms with Gasteiger partial charge in [0.15, 0.2) is 0 Å². The number of carboxylic acid groups (broad SMARTS) is 1. The lowest BCUT2D eigenvalue weighted by molar-refractivity contribution is 0.0697. The molecule has 1 heterocycles. The first kappa shape index (κ1) is 14.7. The number of halogens is 1. The van der Waals surface area contributed by atoms with E-state index in [9.17, 15) is 4.79 Å². The van der Waals surface area contributed by atoms with Gasteiger partial charge in [0, 0.05) is 30.0 Å². The Morgan fingerprint density at radius 1 is 1.50 bits per heavy atom. The molecule has 1 N–H and O–H groups in total. The van der Waals surface area contributed by atoms with E-state index in [2.05, 4.69) is 25.9 Å². The minimum atomic E-state index is -0.913. The molecular formula is C14H16BrN3O2. The van der Waals surface area contributed by atoms with Gasteiger partial charge in [-0.2, -0.15) is 5.10 Å². The molecule has 5 nitrogen and oxygen atoms in total. The van der Waals surface area contributed by atoms with Crippen LogP contribution in [0.15, 0.2) is 41.1 Å². The van der Waals surface area contributed by atoms with Crippen LogP contribution in [0.3, 0.4) is 0 Å². The zero-order valence-electron chi connectivity index (χ0n) is 11.2. The number of carboxylic acids is 1. The first-order valence-corrected chi connectivity index (χ1v) is 7.03. The van der Waals surface area contributed by atoms with Gasteiger partial charge in [-0.1, -0.05) is 22.0 Å². The third-order valence-electron chi connectivity index (χ3n) is 3.01. The fourth-order valence-corrected chi connectivity index (χ4v) is 2.39. The fraction of sp³-hybridized carbons (Fsp3) is 0.286. The second-order valence-corrected chi connectivity index (χ2v) is 5.47. The van der Waals surface area contributed by atoms with Crippen molar-refractivity contribution < 1.29 is 9.90 Å². The molecule has 1 aromatic heterocycles. The van der Waals surface area contributed by atoms with E-state index in [0.717, 1.165) is 29.7 Å². The van der Waals surface area contributed by atoms with Crippen LogP contribution in [0.25, 0.3) is 0 Å². The van der Waals surface area contributed by atoms with Crippen molar-refractivity contribution in [1.82, 2.24) is 14.7 Å². The highest BCUT2D eigenvalue weighted by Crippen LogP contribution is 2.20. The van der Waals surface area contributed by atoms with Crippen LogP contribution in [0.1, 0.15) is 15.9 Å². The van der Waals surface area contributed by atoms with E-state index in [1.54, 1.807) is 18.3 Å². The quantitative estimate of drug-likeness (QED) is 0.879. The van der Waals surface area contributed by atoms with Gasteiger partial charge in [0.1, 0.15) is 0 Å². The first-order chi connectivity index (χ1) is 9.56. The van der Waals surface area contributed by atoms with E-state index in [0.29, 0.717) is 5.56 Å². The molecule has 6 heteroatoms. The largest absolute Gasteiger partial charge is 0.478 e. The van der Waals surface area contributed by atoms with Gasteiger partial charge < -0.3 is 10.0 Å². The first-order valence-electron chi connectivity index (χ1n) is 6.24. The number of rotatable bonds is 6. The van der Waals surface area contributed by atoms with Crippen LogP contribution in [-0.4, -0.2) is 39.3 Å². The maximum Gasteiger partial charge on any atom is 0.335 e. The SMILES string of the molecule is CN(CCn1cccn1)Cc1ccc(C(=O)O)cc1Br. The lowest BCUT2D eigenvalue weighted by atomic mass is 10.1. The maximum atomic E-state index is 10.9. The van der Waals surface area contributed by atoms with Crippen LogP contribution in [-0.2, 0) is 13.1 Å². The molecule has 20 heavy (non-hydrogen) atoms. The number of aromatic nitrogens is 2. The molecule has 0 aliphatic rings. The summed E-state index contributed by atoms with van der Waals surface area (Å²) < 4.78 is 2.71. The van der Waals surface area contributed by atoms with Crippen molar-refractivity contribution in [3.8, 4) is 0 Å². The number of likely N-dealkylation sites (N-methyl/N-ethyl adjacent to an activating group) is 1. The number of hydrogen-bond acceptors (Lipinski definition) is 3. The Kier molecular flexibility index (Phi) is 4.92. The van der Waals surface area contributed by atoms with Gasteiger partial charge in [-0.3, -0.25) is 4.68 Å². The van der Waals surface area contributed by atoms with Crippen molar-refractivity contribution >= 4 is 21.9 Å². The predicted molar refractivity (Wildman–Crippen MR) is 79.7 cm³/mol. The highest BCUT2D eigenvalue weighted by molar-refractivity contribution is 9.10. The summed E-state index contributed by atoms with van der Waals surface area (Å²) in [6.45, 7) is 2.45. The maximum absolute atomic E-state index is 10.9. The van der Waals surface area contributed by atoms with Gasteiger partial charge >= 0.3 is 5.97 Å². The number of benzene rings is 1. The Morgan fingerprint density at radius 3 is 2.90 bits per heavy atom. The molecule has 106 valence electrons. The van der Waals surface area contributed by atoms with Crippen molar-refractivity contribution in [3.63, 3.8) is 0 Å². The van der Waals surface area contributed by atoms with E-state index < -0.39 is 5.97 Å². The van der Waals surface area contributed by atoms with Crippen LogP contribution in [0.2, 0.25) is 0 Å². The molecule has 2 rings (SSSR count). The third kappa shape index (κ3) is 3.91. The van der Waals surface area contributed by atoms with Crippen molar-refractivity contribution in [2.75, 3.05) is 13.6 Å². The second kappa shape index (κ2) is 6.67. The van der Waals surface area contributed by atoms with Gasteiger partial charge in [-0.25, -0.2) is 4.79 Å². The van der Waals surface area contributed by atoms with E-state index in [1.165, 1.54) is 0 Å². The van der Waals surface area contributed by atoms with Gasteiger partial charge in [0.05, 0.1) is 12.1 Å². The molecule has 0 aliphatic heterocycles. The Labute approximate surface area is 126 Å². The van der Waals surface area contributed by atoms with E-state index in [-0.39, 0.29) is 0 Å². The zero-order valence-corrected chi connectivity index (χ0v) is 12.7. The smallest absolute Gasteiger partial charge is 0.335 e. The Balaban J connectivity index is 1.93. The number of aromatic carboxylic acids is 1. The molecule has 1 aromatic carbocycles. The van der Waals surface area contributed by atoms with Gasteiger partial charge in [-0.15, -0.1) is 0 Å². The summed E-state index contributed by atoms with van der Waals surface area (Å²) in [5.74, 6) is -0.913. The van der Waals surface area contributed by atoms with E-state index >= 15 is 0 Å². The normalized spacial score (nSPS) is 10.9. The van der Waals surface area contributed by atoms with Crippen LogP contribution < -0.4 is 0 Å². The molecule has 2 aromatic rings. The van der Waals surface area contributed by atoms with Crippen molar-refractivity contribution in [3.05, 3.63) is 52.3 Å². The van der Waals surface area contributed by atoms with Crippen LogP contribution in [0.5, 0.6) is 0 Å². The molecule has 0 radical (unpaired) electrons. The summed E-state index contributed by atoms with van der Waals surface area (Å²) in [6.07, 6.45) is 3.70. The predicted octanol–water partition coefficient (Wildman–Crippen LogP) is 2.48. The van der Waals surface area contributed by atoms with Gasteiger partial charge in [0.25, 0.3) is 0 Å². The van der Waals surface area contributed by atoms with E-state index in [4.69, 9.17) is 5.11 Å². The second-order valence-electron chi connectivity index (χ2n) is 4.62. The van der Waals surface area contributed by atoms with Crippen LogP contribution >= 0.6 is 15.9 Å². The minimum absolute atomic E-state index is 0.291. The number of nitrogens with zero attached hydrogens (tertiary/aromatic N) is 3. The van der Waals surface area contributed by atoms with E-state index in [1.807, 2.05) is 30.1 Å². The summed E-state index contributed by atoms with van der Waals surface area (Å²) in [7, 11) is 2.03. The fourth-order valence-electron chi connectivity index (χ4n) is 1.88. The lowest BCUT2D eigenvalue weighted by Gasteiger charge is -2.17. The van der Waals surface area contributed by atoms with Crippen molar-refractivity contribution in [1.29, 1.82) is 0 Å². The summed E-state index contributed by atoms with van der Waals surface area (Å²) in [5, 5.41) is 13.1. The van der Waals surface area contributed by atoms with Crippen molar-refractivity contribution in [2.45, 2.75) is 13.1 Å². The highest BCUT2D eigenvalue weighted by Gasteiger charge is 2.08. The molecule has 0 saturated heterocycles. The Morgan fingerprint density at radius 2 is 2.30 bits per heavy atom. The molecule has 0 unspecified atom stereocenters. The third-order valence-corrected chi connectivity index (χ3v) is 3.75. The monoisotopic (exact) mass is 337 g/mol. The Bertz CT molecular complexity index is 584. The van der Waals surface area contributed by atoms with Gasteiger partial charge in [0.2, 0.25) is 0 Å². The molecule has 0 saturated carbocycles. The Hall–Kier alpha value is -1.66. The topological polar surface area (TPSA) is 58.4 Å². The molecule has 0 bridgehead atoms. The van der Waals surface area contributed by atoms with Crippen LogP contribution in [0, 0.1) is 0 Å². The lowest BCUT2D eigenvalue weighted by Crippen LogP contribution is -2.23. The van der Waals surface area contributed by atoms with Crippen molar-refractivity contribution in [2.24, 2.45) is 0 Å². The molecule has 0 atom stereocenters. The summed E-state index contributed by atoms with van der Waals surface area (Å²) >= 11 is 3.43. The average Bonchev–Trinajstić information content (AvgIpc) is 2.91. The highest BCUT2D eigenvalue weighted by atomic mass is 79.9. The van der Waals surface area contributed by atoms with Crippen LogP contribution in [0.4, 0.5) is 0 Å². The zero-order chi connectivity index (χ0) is 14.5. The summed E-state index contributed by atoms with van der Waals surface area (Å²) in [4.78, 5) is 13.0. The summed E-state index contributed by atoms with van der Waals surface area (Å²) in [6, 6.07) is 7.02. The minimum Gasteiger partial charge on any atom is -0.478 e. The molecule has 0 aliphatic carbocycles.